The van der Waals surface area contributed by atoms with Crippen LogP contribution in [0.15, 0.2) is 60.7 Å². The summed E-state index contributed by atoms with van der Waals surface area (Å²) >= 11 is 0. The molecule has 0 aromatic heterocycles. The molecule has 0 bridgehead atoms. The van der Waals surface area contributed by atoms with E-state index in [4.69, 9.17) is 4.84 Å². The molecule has 0 spiro atoms. The van der Waals surface area contributed by atoms with Gasteiger partial charge in [-0.15, -0.1) is 5.06 Å². The Hall–Kier alpha value is -4.59. The SMILES string of the molecule is CCN1c2cc3c(cc2C(C)=CC1(C)C)C(c1ccccc1C(=O)ON1C(=O)CCC1=O)=c1cc2c(cc1P3(=O)O)=[N+](CC)C(C)(C)C=C2C. The van der Waals surface area contributed by atoms with E-state index in [2.05, 4.69) is 77.0 Å². The van der Waals surface area contributed by atoms with Crippen molar-refractivity contribution in [3.63, 3.8) is 0 Å². The van der Waals surface area contributed by atoms with E-state index in [1.807, 2.05) is 24.3 Å². The van der Waals surface area contributed by atoms with Gasteiger partial charge in [0, 0.05) is 56.1 Å². The van der Waals surface area contributed by atoms with E-state index in [1.54, 1.807) is 24.3 Å². The van der Waals surface area contributed by atoms with Gasteiger partial charge in [0.25, 0.3) is 19.2 Å². The number of nitrogens with zero attached hydrogens (tertiary/aromatic N) is 3. The maximum atomic E-state index is 15.1. The lowest BCUT2D eigenvalue weighted by Gasteiger charge is -2.43. The monoisotopic (exact) mass is 692 g/mol. The Morgan fingerprint density at radius 1 is 0.880 bits per heavy atom. The molecular formula is C40H43N3O6P+. The molecule has 0 radical (unpaired) electrons. The second kappa shape index (κ2) is 11.5. The Labute approximate surface area is 292 Å². The summed E-state index contributed by atoms with van der Waals surface area (Å²) in [6, 6.07) is 14.6. The Bertz CT molecular complexity index is 2300. The highest BCUT2D eigenvalue weighted by Crippen LogP contribution is 2.48. The largest absolute Gasteiger partial charge is 0.364 e. The predicted octanol–water partition coefficient (Wildman–Crippen LogP) is 4.42. The van der Waals surface area contributed by atoms with Crippen molar-refractivity contribution in [2.45, 2.75) is 79.3 Å². The van der Waals surface area contributed by atoms with E-state index < -0.39 is 25.2 Å². The van der Waals surface area contributed by atoms with Crippen molar-refractivity contribution in [1.29, 1.82) is 0 Å². The summed E-state index contributed by atoms with van der Waals surface area (Å²) in [7, 11) is -4.22. The van der Waals surface area contributed by atoms with Gasteiger partial charge in [-0.25, -0.2) is 9.37 Å². The number of hydroxylamine groups is 2. The van der Waals surface area contributed by atoms with Crippen LogP contribution >= 0.6 is 7.37 Å². The zero-order valence-electron chi connectivity index (χ0n) is 29.9. The van der Waals surface area contributed by atoms with Gasteiger partial charge in [-0.2, -0.15) is 0 Å². The zero-order chi connectivity index (χ0) is 36.1. The van der Waals surface area contributed by atoms with Crippen LogP contribution in [0.3, 0.4) is 0 Å². The summed E-state index contributed by atoms with van der Waals surface area (Å²) in [4.78, 5) is 58.7. The van der Waals surface area contributed by atoms with Crippen molar-refractivity contribution >= 4 is 58.2 Å². The quantitative estimate of drug-likeness (QED) is 0.240. The average Bonchev–Trinajstić information content (AvgIpc) is 3.36. The maximum Gasteiger partial charge on any atom is 0.364 e. The third-order valence-electron chi connectivity index (χ3n) is 10.6. The van der Waals surface area contributed by atoms with Crippen LogP contribution in [0.4, 0.5) is 5.69 Å². The van der Waals surface area contributed by atoms with Crippen molar-refractivity contribution in [3.8, 4) is 0 Å². The van der Waals surface area contributed by atoms with E-state index in [0.717, 1.165) is 33.3 Å². The van der Waals surface area contributed by atoms with Gasteiger partial charge in [0.05, 0.1) is 21.7 Å². The van der Waals surface area contributed by atoms with Gasteiger partial charge < -0.3 is 14.6 Å². The molecule has 1 saturated heterocycles. The number of fused-ring (bicyclic) bond motifs is 4. The van der Waals surface area contributed by atoms with Gasteiger partial charge in [-0.3, -0.25) is 14.2 Å². The third-order valence-corrected chi connectivity index (χ3v) is 12.7. The Morgan fingerprint density at radius 3 is 2.20 bits per heavy atom. The van der Waals surface area contributed by atoms with Crippen LogP contribution in [0.25, 0.3) is 16.7 Å². The smallest absolute Gasteiger partial charge is 0.363 e. The number of benzene rings is 3. The minimum atomic E-state index is -4.22. The van der Waals surface area contributed by atoms with Crippen molar-refractivity contribution in [1.82, 2.24) is 9.64 Å². The van der Waals surface area contributed by atoms with Gasteiger partial charge in [0.1, 0.15) is 6.54 Å². The summed E-state index contributed by atoms with van der Waals surface area (Å²) < 4.78 is 17.4. The summed E-state index contributed by atoms with van der Waals surface area (Å²) in [5, 5.41) is 2.55. The second-order valence-corrected chi connectivity index (χ2v) is 16.8. The van der Waals surface area contributed by atoms with Crippen molar-refractivity contribution in [3.05, 3.63) is 99.1 Å². The molecule has 1 N–H and O–H groups in total. The average molecular weight is 693 g/mol. The van der Waals surface area contributed by atoms with Crippen molar-refractivity contribution < 1.29 is 28.7 Å². The fourth-order valence-electron chi connectivity index (χ4n) is 8.52. The molecule has 3 aromatic carbocycles. The normalized spacial score (nSPS) is 21.6. The topological polar surface area (TPSA) is 107 Å². The highest BCUT2D eigenvalue weighted by atomic mass is 31.2. The molecular weight excluding hydrogens is 649 g/mol. The molecule has 0 saturated carbocycles. The summed E-state index contributed by atoms with van der Waals surface area (Å²) in [5.41, 5.74) is 5.93. The standard InChI is InChI=1S/C40H42N3O6P/c1-9-41-31-19-33-29(17-27(31)23(3)21-39(41,5)6)37(25-13-11-12-14-26(25)38(46)49-43-35(44)15-16-36(43)45)30-18-28-24(4)22-40(7,8)42(10-2)32(28)20-34(30)50(33,47)48/h11-14,17-22H,9-10,15-16H2,1-8H3/p+1. The first-order chi connectivity index (χ1) is 23.5. The van der Waals surface area contributed by atoms with Crippen LogP contribution < -0.4 is 30.7 Å². The molecule has 10 heteroatoms. The van der Waals surface area contributed by atoms with Crippen LogP contribution in [-0.4, -0.2) is 51.9 Å². The fourth-order valence-corrected chi connectivity index (χ4v) is 10.4. The molecule has 1 fully saturated rings. The molecule has 2 amide bonds. The van der Waals surface area contributed by atoms with Gasteiger partial charge in [0.2, 0.25) is 5.36 Å². The van der Waals surface area contributed by atoms with Crippen LogP contribution in [-0.2, 0) is 19.0 Å². The first-order valence-electron chi connectivity index (χ1n) is 17.2. The Balaban J connectivity index is 1.61. The molecule has 1 atom stereocenters. The van der Waals surface area contributed by atoms with Crippen LogP contribution in [0.5, 0.6) is 0 Å². The van der Waals surface area contributed by atoms with Gasteiger partial charge in [-0.1, -0.05) is 24.3 Å². The van der Waals surface area contributed by atoms with Gasteiger partial charge in [-0.05, 0) is 105 Å². The van der Waals surface area contributed by atoms with Crippen LogP contribution in [0.1, 0.15) is 101 Å². The molecule has 4 aliphatic rings. The van der Waals surface area contributed by atoms with Crippen LogP contribution in [0.2, 0.25) is 0 Å². The molecule has 1 unspecified atom stereocenters. The van der Waals surface area contributed by atoms with E-state index in [-0.39, 0.29) is 29.5 Å². The number of allylic oxidation sites excluding steroid dienone is 2. The first-order valence-corrected chi connectivity index (χ1v) is 18.9. The molecule has 4 heterocycles. The minimum absolute atomic E-state index is 0.0230. The maximum absolute atomic E-state index is 15.1. The number of hydrogen-bond donors (Lipinski definition) is 1. The molecule has 258 valence electrons. The molecule has 0 aliphatic carbocycles. The second-order valence-electron chi connectivity index (χ2n) is 14.7. The number of likely N-dealkylation sites (N-methyl/N-ethyl adjacent to an activating group) is 2. The van der Waals surface area contributed by atoms with Crippen molar-refractivity contribution in [2.24, 2.45) is 0 Å². The number of hydrogen-bond acceptors (Lipinski definition) is 6. The van der Waals surface area contributed by atoms with E-state index >= 15 is 4.57 Å². The van der Waals surface area contributed by atoms with Gasteiger partial charge >= 0.3 is 5.97 Å². The van der Waals surface area contributed by atoms with Crippen molar-refractivity contribution in [2.75, 3.05) is 18.0 Å². The summed E-state index contributed by atoms with van der Waals surface area (Å²) in [6.45, 7) is 18.2. The first kappa shape index (κ1) is 33.9. The minimum Gasteiger partial charge on any atom is -0.363 e. The highest BCUT2D eigenvalue weighted by Gasteiger charge is 2.42. The molecule has 3 aromatic rings. The van der Waals surface area contributed by atoms with E-state index in [9.17, 15) is 19.3 Å². The molecule has 4 aliphatic heterocycles. The van der Waals surface area contributed by atoms with E-state index in [1.165, 1.54) is 0 Å². The van der Waals surface area contributed by atoms with Crippen LogP contribution in [0, 0.1) is 0 Å². The molecule has 9 nitrogen and oxygen atoms in total. The number of amides is 2. The molecule has 50 heavy (non-hydrogen) atoms. The van der Waals surface area contributed by atoms with Gasteiger partial charge in [0.15, 0.2) is 5.54 Å². The number of anilines is 1. The van der Waals surface area contributed by atoms with E-state index in [0.29, 0.717) is 50.7 Å². The summed E-state index contributed by atoms with van der Waals surface area (Å²) in [6.07, 6.45) is 4.37. The lowest BCUT2D eigenvalue weighted by molar-refractivity contribution is -0.172. The number of carbonyl (C=O) groups excluding carboxylic acids is 3. The molecule has 7 rings (SSSR count). The lowest BCUT2D eigenvalue weighted by atomic mass is 9.84. The summed E-state index contributed by atoms with van der Waals surface area (Å²) in [5.74, 6) is -2.01. The Kier molecular flexibility index (Phi) is 7.77. The third kappa shape index (κ3) is 4.96. The predicted molar refractivity (Wildman–Crippen MR) is 196 cm³/mol. The zero-order valence-corrected chi connectivity index (χ0v) is 30.8. The highest BCUT2D eigenvalue weighted by molar-refractivity contribution is 7.73. The fraction of sp³-hybridized carbons (Fsp3) is 0.350. The Morgan fingerprint density at radius 2 is 1.54 bits per heavy atom. The number of imide groups is 1. The number of carbonyl (C=O) groups is 3. The number of rotatable bonds is 5. The lowest BCUT2D eigenvalue weighted by Crippen LogP contribution is -2.52.